The van der Waals surface area contributed by atoms with Crippen LogP contribution in [0.1, 0.15) is 34.7 Å². The van der Waals surface area contributed by atoms with Crippen molar-refractivity contribution in [2.24, 2.45) is 5.92 Å². The van der Waals surface area contributed by atoms with Gasteiger partial charge in [-0.2, -0.15) is 5.26 Å². The molecule has 0 bridgehead atoms. The molecule has 2 N–H and O–H groups in total. The summed E-state index contributed by atoms with van der Waals surface area (Å²) in [6.07, 6.45) is 0.588. The van der Waals surface area contributed by atoms with Gasteiger partial charge in [-0.25, -0.2) is 0 Å². The molecule has 1 aliphatic heterocycles. The van der Waals surface area contributed by atoms with Gasteiger partial charge < -0.3 is 10.4 Å². The summed E-state index contributed by atoms with van der Waals surface area (Å²) in [5, 5.41) is 21.2. The maximum absolute atomic E-state index is 11.0. The molecule has 0 aromatic heterocycles. The summed E-state index contributed by atoms with van der Waals surface area (Å²) in [5.41, 5.74) is 3.89. The number of nitrogens with zero attached hydrogens (tertiary/aromatic N) is 1. The molecule has 0 amide bonds. The number of carbonyl (C=O) groups is 1. The van der Waals surface area contributed by atoms with E-state index in [1.165, 1.54) is 0 Å². The Bertz CT molecular complexity index is 531. The summed E-state index contributed by atoms with van der Waals surface area (Å²) in [7, 11) is 0. The molecule has 1 saturated heterocycles. The minimum Gasteiger partial charge on any atom is -0.481 e. The zero-order valence-electron chi connectivity index (χ0n) is 10.5. The highest BCUT2D eigenvalue weighted by Crippen LogP contribution is 2.31. The van der Waals surface area contributed by atoms with Gasteiger partial charge in [0.15, 0.2) is 0 Å². The summed E-state index contributed by atoms with van der Waals surface area (Å²) in [6.45, 7) is 4.49. The molecule has 1 aromatic carbocycles. The molecule has 4 heteroatoms. The normalized spacial score (nSPS) is 22.7. The number of aryl methyl sites for hydroxylation is 1. The quantitative estimate of drug-likeness (QED) is 0.833. The topological polar surface area (TPSA) is 73.1 Å². The van der Waals surface area contributed by atoms with Crippen LogP contribution in [-0.2, 0) is 4.79 Å². The number of nitriles is 1. The van der Waals surface area contributed by atoms with Crippen LogP contribution < -0.4 is 5.32 Å². The van der Waals surface area contributed by atoms with Crippen molar-refractivity contribution in [3.05, 3.63) is 34.4 Å². The van der Waals surface area contributed by atoms with E-state index in [2.05, 4.69) is 11.4 Å². The predicted molar refractivity (Wildman–Crippen MR) is 67.1 cm³/mol. The van der Waals surface area contributed by atoms with Gasteiger partial charge >= 0.3 is 5.97 Å². The Morgan fingerprint density at radius 3 is 2.78 bits per heavy atom. The number of carboxylic acids is 1. The van der Waals surface area contributed by atoms with E-state index in [-0.39, 0.29) is 12.0 Å². The van der Waals surface area contributed by atoms with Crippen LogP contribution >= 0.6 is 0 Å². The molecule has 2 atom stereocenters. The molecule has 1 aromatic rings. The second-order valence-corrected chi connectivity index (χ2v) is 4.85. The van der Waals surface area contributed by atoms with Gasteiger partial charge in [-0.1, -0.05) is 0 Å². The van der Waals surface area contributed by atoms with Crippen molar-refractivity contribution in [3.63, 3.8) is 0 Å². The monoisotopic (exact) mass is 244 g/mol. The van der Waals surface area contributed by atoms with E-state index < -0.39 is 5.97 Å². The molecule has 0 spiro atoms. The molecule has 1 aliphatic rings. The van der Waals surface area contributed by atoms with E-state index in [4.69, 9.17) is 10.4 Å². The summed E-state index contributed by atoms with van der Waals surface area (Å²) in [4.78, 5) is 11.0. The van der Waals surface area contributed by atoms with Gasteiger partial charge in [0.2, 0.25) is 0 Å². The molecule has 0 radical (unpaired) electrons. The SMILES string of the molecule is Cc1cc(C#N)cc(C2CC(C(=O)O)CN2)c1C. The molecule has 0 saturated carbocycles. The number of nitrogens with one attached hydrogen (secondary N) is 1. The zero-order valence-corrected chi connectivity index (χ0v) is 10.5. The fraction of sp³-hybridized carbons (Fsp3) is 0.429. The summed E-state index contributed by atoms with van der Waals surface area (Å²) >= 11 is 0. The number of aliphatic carboxylic acids is 1. The molecule has 1 heterocycles. The largest absolute Gasteiger partial charge is 0.481 e. The van der Waals surface area contributed by atoms with Crippen LogP contribution in [0, 0.1) is 31.1 Å². The van der Waals surface area contributed by atoms with Crippen LogP contribution in [0.15, 0.2) is 12.1 Å². The minimum atomic E-state index is -0.754. The lowest BCUT2D eigenvalue weighted by atomic mass is 9.92. The molecule has 0 aliphatic carbocycles. The standard InChI is InChI=1S/C14H16N2O2/c1-8-3-10(6-15)4-12(9(8)2)13-5-11(7-16-13)14(17)18/h3-4,11,13,16H,5,7H2,1-2H3,(H,17,18). The third-order valence-corrected chi connectivity index (χ3v) is 3.69. The maximum Gasteiger partial charge on any atom is 0.307 e. The minimum absolute atomic E-state index is 0.0399. The van der Waals surface area contributed by atoms with Gasteiger partial charge in [-0.05, 0) is 49.1 Å². The highest BCUT2D eigenvalue weighted by Gasteiger charge is 2.31. The first kappa shape index (κ1) is 12.6. The number of carboxylic acid groups (broad SMARTS) is 1. The Balaban J connectivity index is 2.32. The second kappa shape index (κ2) is 4.79. The van der Waals surface area contributed by atoms with E-state index in [9.17, 15) is 4.79 Å². The van der Waals surface area contributed by atoms with Crippen molar-refractivity contribution < 1.29 is 9.90 Å². The van der Waals surface area contributed by atoms with E-state index in [0.717, 1.165) is 16.7 Å². The third kappa shape index (κ3) is 2.22. The van der Waals surface area contributed by atoms with Crippen LogP contribution in [-0.4, -0.2) is 17.6 Å². The van der Waals surface area contributed by atoms with Gasteiger partial charge in [-0.15, -0.1) is 0 Å². The van der Waals surface area contributed by atoms with Crippen LogP contribution in [0.25, 0.3) is 0 Å². The Morgan fingerprint density at radius 2 is 2.22 bits per heavy atom. The average Bonchev–Trinajstić information content (AvgIpc) is 2.82. The van der Waals surface area contributed by atoms with Crippen molar-refractivity contribution in [3.8, 4) is 6.07 Å². The van der Waals surface area contributed by atoms with E-state index in [1.807, 2.05) is 26.0 Å². The average molecular weight is 244 g/mol. The summed E-state index contributed by atoms with van der Waals surface area (Å²) in [5.74, 6) is -1.09. The highest BCUT2D eigenvalue weighted by molar-refractivity contribution is 5.71. The first-order valence-electron chi connectivity index (χ1n) is 6.00. The number of benzene rings is 1. The van der Waals surface area contributed by atoms with Gasteiger partial charge in [0.05, 0.1) is 17.6 Å². The molecular formula is C14H16N2O2. The van der Waals surface area contributed by atoms with E-state index >= 15 is 0 Å². The number of rotatable bonds is 2. The molecule has 4 nitrogen and oxygen atoms in total. The lowest BCUT2D eigenvalue weighted by Crippen LogP contribution is -2.17. The Morgan fingerprint density at radius 1 is 1.50 bits per heavy atom. The first-order chi connectivity index (χ1) is 8.52. The van der Waals surface area contributed by atoms with Gasteiger partial charge in [0.25, 0.3) is 0 Å². The molecular weight excluding hydrogens is 228 g/mol. The van der Waals surface area contributed by atoms with E-state index in [1.54, 1.807) is 0 Å². The van der Waals surface area contributed by atoms with Crippen molar-refractivity contribution in [1.29, 1.82) is 5.26 Å². The summed E-state index contributed by atoms with van der Waals surface area (Å²) < 4.78 is 0. The van der Waals surface area contributed by atoms with Crippen LogP contribution in [0.2, 0.25) is 0 Å². The lowest BCUT2D eigenvalue weighted by molar-refractivity contribution is -0.141. The van der Waals surface area contributed by atoms with Crippen molar-refractivity contribution >= 4 is 5.97 Å². The molecule has 2 rings (SSSR count). The maximum atomic E-state index is 11.0. The fourth-order valence-electron chi connectivity index (χ4n) is 2.47. The van der Waals surface area contributed by atoms with Crippen LogP contribution in [0.4, 0.5) is 0 Å². The van der Waals surface area contributed by atoms with Crippen molar-refractivity contribution in [1.82, 2.24) is 5.32 Å². The Kier molecular flexibility index (Phi) is 3.35. The smallest absolute Gasteiger partial charge is 0.307 e. The second-order valence-electron chi connectivity index (χ2n) is 4.85. The first-order valence-corrected chi connectivity index (χ1v) is 6.00. The lowest BCUT2D eigenvalue weighted by Gasteiger charge is -2.16. The zero-order chi connectivity index (χ0) is 13.3. The summed E-state index contributed by atoms with van der Waals surface area (Å²) in [6, 6.07) is 5.92. The van der Waals surface area contributed by atoms with Crippen LogP contribution in [0.3, 0.4) is 0 Å². The van der Waals surface area contributed by atoms with Gasteiger partial charge in [-0.3, -0.25) is 4.79 Å². The van der Waals surface area contributed by atoms with Crippen molar-refractivity contribution in [2.45, 2.75) is 26.3 Å². The molecule has 94 valence electrons. The number of hydrogen-bond acceptors (Lipinski definition) is 3. The highest BCUT2D eigenvalue weighted by atomic mass is 16.4. The van der Waals surface area contributed by atoms with Gasteiger partial charge in [0, 0.05) is 12.6 Å². The van der Waals surface area contributed by atoms with Crippen molar-refractivity contribution in [2.75, 3.05) is 6.54 Å². The molecule has 2 unspecified atom stereocenters. The van der Waals surface area contributed by atoms with Crippen LogP contribution in [0.5, 0.6) is 0 Å². The van der Waals surface area contributed by atoms with Gasteiger partial charge in [0.1, 0.15) is 0 Å². The fourth-order valence-corrected chi connectivity index (χ4v) is 2.47. The molecule has 18 heavy (non-hydrogen) atoms. The molecule has 1 fully saturated rings. The third-order valence-electron chi connectivity index (χ3n) is 3.69. The number of hydrogen-bond donors (Lipinski definition) is 2. The Hall–Kier alpha value is -1.86. The predicted octanol–water partition coefficient (Wildman–Crippen LogP) is 1.91. The van der Waals surface area contributed by atoms with E-state index in [0.29, 0.717) is 18.5 Å². The Labute approximate surface area is 106 Å².